The van der Waals surface area contributed by atoms with Crippen molar-refractivity contribution < 1.29 is 0 Å². The standard InChI is InChI=1S/C18H20N8/c1-11(14-9-20-25(3)10-14)21-17-15-12(2)24-26(4)18(15)23-16(22-17)13-6-5-7-19-8-13/h5-11H,1-4H3,(H,21,22,23). The fourth-order valence-electron chi connectivity index (χ4n) is 3.02. The van der Waals surface area contributed by atoms with E-state index in [4.69, 9.17) is 9.97 Å². The van der Waals surface area contributed by atoms with Gasteiger partial charge in [-0.25, -0.2) is 9.97 Å². The minimum atomic E-state index is 0.0446. The average molecular weight is 348 g/mol. The normalized spacial score (nSPS) is 12.5. The van der Waals surface area contributed by atoms with Crippen molar-refractivity contribution >= 4 is 16.9 Å². The first-order valence-corrected chi connectivity index (χ1v) is 8.39. The second-order valence-corrected chi connectivity index (χ2v) is 6.36. The number of hydrogen-bond donors (Lipinski definition) is 1. The molecule has 0 aliphatic rings. The van der Waals surface area contributed by atoms with Gasteiger partial charge in [-0.3, -0.25) is 14.3 Å². The summed E-state index contributed by atoms with van der Waals surface area (Å²) in [6.45, 7) is 4.05. The molecular weight excluding hydrogens is 328 g/mol. The van der Waals surface area contributed by atoms with Crippen LogP contribution in [-0.2, 0) is 14.1 Å². The highest BCUT2D eigenvalue weighted by Crippen LogP contribution is 2.29. The van der Waals surface area contributed by atoms with Crippen LogP contribution < -0.4 is 5.32 Å². The molecule has 1 unspecified atom stereocenters. The summed E-state index contributed by atoms with van der Waals surface area (Å²) in [5, 5.41) is 13.2. The first kappa shape index (κ1) is 16.2. The van der Waals surface area contributed by atoms with Crippen LogP contribution in [0.25, 0.3) is 22.4 Å². The third-order valence-corrected chi connectivity index (χ3v) is 4.36. The van der Waals surface area contributed by atoms with Gasteiger partial charge in [-0.15, -0.1) is 0 Å². The van der Waals surface area contributed by atoms with Crippen LogP contribution in [0.1, 0.15) is 24.2 Å². The van der Waals surface area contributed by atoms with Crippen molar-refractivity contribution in [2.75, 3.05) is 5.32 Å². The van der Waals surface area contributed by atoms with Crippen molar-refractivity contribution in [2.24, 2.45) is 14.1 Å². The largest absolute Gasteiger partial charge is 0.363 e. The van der Waals surface area contributed by atoms with Gasteiger partial charge in [0.2, 0.25) is 0 Å². The number of aromatic nitrogens is 7. The first-order chi connectivity index (χ1) is 12.5. The van der Waals surface area contributed by atoms with Crippen LogP contribution in [0, 0.1) is 6.92 Å². The van der Waals surface area contributed by atoms with Gasteiger partial charge in [-0.1, -0.05) is 0 Å². The van der Waals surface area contributed by atoms with E-state index >= 15 is 0 Å². The van der Waals surface area contributed by atoms with E-state index in [1.165, 1.54) is 0 Å². The Morgan fingerprint density at radius 3 is 2.69 bits per heavy atom. The Morgan fingerprint density at radius 1 is 1.15 bits per heavy atom. The van der Waals surface area contributed by atoms with E-state index in [2.05, 4.69) is 27.4 Å². The van der Waals surface area contributed by atoms with Gasteiger partial charge < -0.3 is 5.32 Å². The zero-order valence-electron chi connectivity index (χ0n) is 15.2. The summed E-state index contributed by atoms with van der Waals surface area (Å²) in [5.41, 5.74) is 3.63. The Hall–Kier alpha value is -3.29. The van der Waals surface area contributed by atoms with Gasteiger partial charge in [0.25, 0.3) is 0 Å². The summed E-state index contributed by atoms with van der Waals surface area (Å²) in [6.07, 6.45) is 7.35. The molecule has 0 aromatic carbocycles. The summed E-state index contributed by atoms with van der Waals surface area (Å²) in [5.74, 6) is 1.38. The average Bonchev–Trinajstić information content (AvgIpc) is 3.19. The molecule has 1 N–H and O–H groups in total. The van der Waals surface area contributed by atoms with Crippen LogP contribution in [0.15, 0.2) is 36.9 Å². The molecule has 4 aromatic rings. The van der Waals surface area contributed by atoms with Gasteiger partial charge in [0, 0.05) is 43.8 Å². The van der Waals surface area contributed by atoms with E-state index in [0.29, 0.717) is 5.82 Å². The number of nitrogens with one attached hydrogen (secondary N) is 1. The number of rotatable bonds is 4. The number of pyridine rings is 1. The van der Waals surface area contributed by atoms with Crippen LogP contribution in [-0.4, -0.2) is 34.5 Å². The maximum absolute atomic E-state index is 4.77. The summed E-state index contributed by atoms with van der Waals surface area (Å²) in [6, 6.07) is 3.87. The molecule has 0 fully saturated rings. The second-order valence-electron chi connectivity index (χ2n) is 6.36. The molecule has 4 heterocycles. The number of fused-ring (bicyclic) bond motifs is 1. The van der Waals surface area contributed by atoms with Gasteiger partial charge in [-0.05, 0) is 26.0 Å². The minimum absolute atomic E-state index is 0.0446. The van der Waals surface area contributed by atoms with Crippen molar-refractivity contribution in [2.45, 2.75) is 19.9 Å². The van der Waals surface area contributed by atoms with E-state index in [9.17, 15) is 0 Å². The molecule has 0 aliphatic heterocycles. The van der Waals surface area contributed by atoms with Crippen LogP contribution in [0.2, 0.25) is 0 Å². The summed E-state index contributed by atoms with van der Waals surface area (Å²) in [4.78, 5) is 13.7. The van der Waals surface area contributed by atoms with E-state index < -0.39 is 0 Å². The van der Waals surface area contributed by atoms with E-state index in [1.54, 1.807) is 21.8 Å². The molecule has 0 saturated heterocycles. The molecule has 8 heteroatoms. The highest BCUT2D eigenvalue weighted by molar-refractivity contribution is 5.91. The third-order valence-electron chi connectivity index (χ3n) is 4.36. The van der Waals surface area contributed by atoms with E-state index in [-0.39, 0.29) is 6.04 Å². The fourth-order valence-corrected chi connectivity index (χ4v) is 3.02. The Balaban J connectivity index is 1.84. The molecule has 4 rings (SSSR count). The van der Waals surface area contributed by atoms with Crippen LogP contribution in [0.5, 0.6) is 0 Å². The Morgan fingerprint density at radius 2 is 2.00 bits per heavy atom. The molecule has 4 aromatic heterocycles. The maximum Gasteiger partial charge on any atom is 0.165 e. The lowest BCUT2D eigenvalue weighted by Gasteiger charge is -2.15. The lowest BCUT2D eigenvalue weighted by Crippen LogP contribution is -2.09. The number of hydrogen-bond acceptors (Lipinski definition) is 6. The molecule has 0 bridgehead atoms. The molecule has 0 spiro atoms. The van der Waals surface area contributed by atoms with Gasteiger partial charge in [-0.2, -0.15) is 10.2 Å². The zero-order valence-corrected chi connectivity index (χ0v) is 15.2. The van der Waals surface area contributed by atoms with E-state index in [0.717, 1.165) is 33.7 Å². The zero-order chi connectivity index (χ0) is 18.3. The molecule has 26 heavy (non-hydrogen) atoms. The van der Waals surface area contributed by atoms with Crippen molar-refractivity contribution in [3.05, 3.63) is 48.2 Å². The number of anilines is 1. The van der Waals surface area contributed by atoms with Gasteiger partial charge >= 0.3 is 0 Å². The Kier molecular flexibility index (Phi) is 3.87. The smallest absolute Gasteiger partial charge is 0.165 e. The van der Waals surface area contributed by atoms with Crippen molar-refractivity contribution in [1.29, 1.82) is 0 Å². The van der Waals surface area contributed by atoms with Crippen LogP contribution in [0.3, 0.4) is 0 Å². The monoisotopic (exact) mass is 348 g/mol. The third kappa shape index (κ3) is 2.79. The molecule has 8 nitrogen and oxygen atoms in total. The molecule has 0 aliphatic carbocycles. The summed E-state index contributed by atoms with van der Waals surface area (Å²) in [7, 11) is 3.80. The van der Waals surface area contributed by atoms with Crippen LogP contribution >= 0.6 is 0 Å². The maximum atomic E-state index is 4.77. The van der Waals surface area contributed by atoms with Crippen molar-refractivity contribution in [3.8, 4) is 11.4 Å². The van der Waals surface area contributed by atoms with Crippen molar-refractivity contribution in [3.63, 3.8) is 0 Å². The van der Waals surface area contributed by atoms with Crippen molar-refractivity contribution in [1.82, 2.24) is 34.5 Å². The first-order valence-electron chi connectivity index (χ1n) is 8.39. The molecular formula is C18H20N8. The van der Waals surface area contributed by atoms with Crippen LogP contribution in [0.4, 0.5) is 5.82 Å². The number of aryl methyl sites for hydroxylation is 3. The predicted molar refractivity (Wildman–Crippen MR) is 99.5 cm³/mol. The highest BCUT2D eigenvalue weighted by atomic mass is 15.3. The fraction of sp³-hybridized carbons (Fsp3) is 0.278. The molecule has 132 valence electrons. The van der Waals surface area contributed by atoms with Gasteiger partial charge in [0.05, 0.1) is 23.3 Å². The predicted octanol–water partition coefficient (Wildman–Crippen LogP) is 2.64. The topological polar surface area (TPSA) is 86.3 Å². The second kappa shape index (κ2) is 6.21. The molecule has 0 amide bonds. The van der Waals surface area contributed by atoms with E-state index in [1.807, 2.05) is 45.5 Å². The molecule has 0 radical (unpaired) electrons. The molecule has 1 atom stereocenters. The van der Waals surface area contributed by atoms with Gasteiger partial charge in [0.1, 0.15) is 5.82 Å². The van der Waals surface area contributed by atoms with Gasteiger partial charge in [0.15, 0.2) is 11.5 Å². The Labute approximate surface area is 150 Å². The quantitative estimate of drug-likeness (QED) is 0.610. The highest BCUT2D eigenvalue weighted by Gasteiger charge is 2.18. The lowest BCUT2D eigenvalue weighted by molar-refractivity contribution is 0.765. The SMILES string of the molecule is Cc1nn(C)c2nc(-c3cccnc3)nc(NC(C)c3cnn(C)c3)c12. The molecule has 0 saturated carbocycles. The number of nitrogens with zero attached hydrogens (tertiary/aromatic N) is 7. The minimum Gasteiger partial charge on any atom is -0.363 e. The summed E-state index contributed by atoms with van der Waals surface area (Å²) >= 11 is 0. The lowest BCUT2D eigenvalue weighted by atomic mass is 10.2. The summed E-state index contributed by atoms with van der Waals surface area (Å²) < 4.78 is 3.58. The Bertz CT molecular complexity index is 1060.